The van der Waals surface area contributed by atoms with Gasteiger partial charge in [-0.2, -0.15) is 0 Å². The molecule has 0 spiro atoms. The van der Waals surface area contributed by atoms with E-state index in [0.717, 1.165) is 6.07 Å². The smallest absolute Gasteiger partial charge is 0.313 e. The average molecular weight is 355 g/mol. The summed E-state index contributed by atoms with van der Waals surface area (Å²) < 4.78 is 0. The van der Waals surface area contributed by atoms with Gasteiger partial charge in [0.15, 0.2) is 0 Å². The summed E-state index contributed by atoms with van der Waals surface area (Å²) in [5.41, 5.74) is -0.260. The molecule has 1 saturated heterocycles. The Hall–Kier alpha value is -2.68. The average Bonchev–Trinajstić information content (AvgIpc) is 2.55. The Morgan fingerprint density at radius 1 is 1.17 bits per heavy atom. The van der Waals surface area contributed by atoms with Gasteiger partial charge in [-0.05, 0) is 12.1 Å². The number of nitro groups is 1. The Morgan fingerprint density at radius 3 is 2.29 bits per heavy atom. The molecule has 1 aromatic rings. The highest BCUT2D eigenvalue weighted by molar-refractivity contribution is 6.39. The maximum Gasteiger partial charge on any atom is 0.313 e. The molecule has 2 rings (SSSR count). The van der Waals surface area contributed by atoms with Gasteiger partial charge in [-0.15, -0.1) is 0 Å². The van der Waals surface area contributed by atoms with Crippen LogP contribution in [0.3, 0.4) is 0 Å². The normalized spacial score (nSPS) is 14.2. The number of rotatable bonds is 2. The van der Waals surface area contributed by atoms with E-state index < -0.39 is 16.7 Å². The largest absolute Gasteiger partial charge is 0.339 e. The third kappa shape index (κ3) is 3.99. The Kier molecular flexibility index (Phi) is 5.35. The molecule has 0 unspecified atom stereocenters. The zero-order valence-corrected chi connectivity index (χ0v) is 13.6. The molecule has 0 saturated carbocycles. The number of anilines is 1. The zero-order valence-electron chi connectivity index (χ0n) is 12.8. The zero-order chi connectivity index (χ0) is 17.9. The number of carbonyl (C=O) groups is 3. The fourth-order valence-electron chi connectivity index (χ4n) is 2.28. The predicted octanol–water partition coefficient (Wildman–Crippen LogP) is 0.877. The third-order valence-corrected chi connectivity index (χ3v) is 3.93. The first kappa shape index (κ1) is 17.7. The van der Waals surface area contributed by atoms with Crippen molar-refractivity contribution in [2.75, 3.05) is 31.5 Å². The summed E-state index contributed by atoms with van der Waals surface area (Å²) in [7, 11) is 0. The van der Waals surface area contributed by atoms with Gasteiger partial charge in [-0.1, -0.05) is 11.6 Å². The summed E-state index contributed by atoms with van der Waals surface area (Å²) in [5, 5.41) is 13.1. The van der Waals surface area contributed by atoms with Crippen molar-refractivity contribution in [2.45, 2.75) is 6.92 Å². The van der Waals surface area contributed by atoms with Crippen molar-refractivity contribution in [1.29, 1.82) is 0 Å². The molecule has 9 nitrogen and oxygen atoms in total. The maximum atomic E-state index is 12.1. The van der Waals surface area contributed by atoms with E-state index in [0.29, 0.717) is 13.1 Å². The second-order valence-electron chi connectivity index (χ2n) is 5.18. The molecule has 0 radical (unpaired) electrons. The van der Waals surface area contributed by atoms with Crippen LogP contribution < -0.4 is 5.32 Å². The van der Waals surface area contributed by atoms with Crippen molar-refractivity contribution in [3.63, 3.8) is 0 Å². The first-order chi connectivity index (χ1) is 11.3. The van der Waals surface area contributed by atoms with Crippen LogP contribution in [0.25, 0.3) is 0 Å². The molecule has 1 aliphatic heterocycles. The number of piperazine rings is 1. The van der Waals surface area contributed by atoms with Gasteiger partial charge < -0.3 is 15.1 Å². The molecule has 1 fully saturated rings. The summed E-state index contributed by atoms with van der Waals surface area (Å²) in [4.78, 5) is 48.4. The molecule has 0 bridgehead atoms. The van der Waals surface area contributed by atoms with Gasteiger partial charge in [0.25, 0.3) is 5.69 Å². The van der Waals surface area contributed by atoms with Gasteiger partial charge >= 0.3 is 11.8 Å². The molecule has 10 heteroatoms. The van der Waals surface area contributed by atoms with Crippen molar-refractivity contribution >= 4 is 40.7 Å². The minimum absolute atomic E-state index is 0.0651. The highest BCUT2D eigenvalue weighted by atomic mass is 35.5. The molecule has 3 amide bonds. The summed E-state index contributed by atoms with van der Waals surface area (Å²) in [6, 6.07) is 3.72. The van der Waals surface area contributed by atoms with Gasteiger partial charge in [0.2, 0.25) is 5.91 Å². The van der Waals surface area contributed by atoms with E-state index in [1.807, 2.05) is 0 Å². The van der Waals surface area contributed by atoms with Crippen LogP contribution in [0, 0.1) is 10.1 Å². The van der Waals surface area contributed by atoms with Crippen LogP contribution in [0.4, 0.5) is 11.4 Å². The van der Waals surface area contributed by atoms with Gasteiger partial charge in [-0.3, -0.25) is 24.5 Å². The fraction of sp³-hybridized carbons (Fsp3) is 0.357. The lowest BCUT2D eigenvalue weighted by Gasteiger charge is -2.33. The molecule has 24 heavy (non-hydrogen) atoms. The van der Waals surface area contributed by atoms with Crippen molar-refractivity contribution in [2.24, 2.45) is 0 Å². The Bertz CT molecular complexity index is 700. The number of halogens is 1. The first-order valence-electron chi connectivity index (χ1n) is 7.09. The Morgan fingerprint density at radius 2 is 1.75 bits per heavy atom. The Labute approximate surface area is 142 Å². The van der Waals surface area contributed by atoms with Crippen LogP contribution in [0.1, 0.15) is 6.92 Å². The van der Waals surface area contributed by atoms with Crippen LogP contribution >= 0.6 is 11.6 Å². The number of carbonyl (C=O) groups excluding carboxylic acids is 3. The van der Waals surface area contributed by atoms with Crippen LogP contribution in [0.5, 0.6) is 0 Å². The number of benzene rings is 1. The van der Waals surface area contributed by atoms with Crippen LogP contribution in [-0.2, 0) is 14.4 Å². The quantitative estimate of drug-likeness (QED) is 0.481. The third-order valence-electron chi connectivity index (χ3n) is 3.61. The molecule has 128 valence electrons. The SMILES string of the molecule is CC(=O)N1CCN(C(=O)C(=O)Nc2ccc(Cl)c([N+](=O)[O-])c2)CC1. The predicted molar refractivity (Wildman–Crippen MR) is 85.6 cm³/mol. The summed E-state index contributed by atoms with van der Waals surface area (Å²) in [5.74, 6) is -1.74. The first-order valence-corrected chi connectivity index (χ1v) is 7.47. The lowest BCUT2D eigenvalue weighted by Crippen LogP contribution is -2.52. The van der Waals surface area contributed by atoms with Gasteiger partial charge in [0, 0.05) is 44.9 Å². The molecule has 0 aliphatic carbocycles. The topological polar surface area (TPSA) is 113 Å². The monoisotopic (exact) mass is 354 g/mol. The molecule has 1 aromatic carbocycles. The van der Waals surface area contributed by atoms with E-state index in [1.165, 1.54) is 24.0 Å². The molecular weight excluding hydrogens is 340 g/mol. The van der Waals surface area contributed by atoms with Gasteiger partial charge in [-0.25, -0.2) is 0 Å². The minimum atomic E-state index is -0.900. The lowest BCUT2D eigenvalue weighted by atomic mass is 10.2. The highest BCUT2D eigenvalue weighted by Crippen LogP contribution is 2.27. The van der Waals surface area contributed by atoms with Crippen molar-refractivity contribution in [3.05, 3.63) is 33.3 Å². The van der Waals surface area contributed by atoms with Crippen molar-refractivity contribution in [3.8, 4) is 0 Å². The molecule has 1 aliphatic rings. The molecular formula is C14H15ClN4O5. The van der Waals surface area contributed by atoms with Crippen LogP contribution in [-0.4, -0.2) is 58.6 Å². The number of nitrogens with one attached hydrogen (secondary N) is 1. The molecule has 1 heterocycles. The summed E-state index contributed by atoms with van der Waals surface area (Å²) >= 11 is 5.69. The van der Waals surface area contributed by atoms with Crippen LogP contribution in [0.15, 0.2) is 18.2 Å². The summed E-state index contributed by atoms with van der Waals surface area (Å²) in [6.45, 7) is 2.68. The number of hydrogen-bond donors (Lipinski definition) is 1. The van der Waals surface area contributed by atoms with E-state index in [4.69, 9.17) is 11.6 Å². The number of nitrogens with zero attached hydrogens (tertiary/aromatic N) is 3. The lowest BCUT2D eigenvalue weighted by molar-refractivity contribution is -0.384. The second kappa shape index (κ2) is 7.26. The van der Waals surface area contributed by atoms with E-state index >= 15 is 0 Å². The van der Waals surface area contributed by atoms with Gasteiger partial charge in [0.1, 0.15) is 5.02 Å². The summed E-state index contributed by atoms with van der Waals surface area (Å²) in [6.07, 6.45) is 0. The molecule has 0 aromatic heterocycles. The molecule has 0 atom stereocenters. The second-order valence-corrected chi connectivity index (χ2v) is 5.58. The number of hydrogen-bond acceptors (Lipinski definition) is 5. The van der Waals surface area contributed by atoms with Crippen molar-refractivity contribution in [1.82, 2.24) is 9.80 Å². The van der Waals surface area contributed by atoms with Gasteiger partial charge in [0.05, 0.1) is 4.92 Å². The fourth-order valence-corrected chi connectivity index (χ4v) is 2.47. The Balaban J connectivity index is 2.00. The number of nitro benzene ring substituents is 1. The van der Waals surface area contributed by atoms with Crippen LogP contribution in [0.2, 0.25) is 5.02 Å². The minimum Gasteiger partial charge on any atom is -0.339 e. The van der Waals surface area contributed by atoms with E-state index in [2.05, 4.69) is 5.32 Å². The van der Waals surface area contributed by atoms with E-state index in [-0.39, 0.29) is 35.4 Å². The van der Waals surface area contributed by atoms with E-state index in [9.17, 15) is 24.5 Å². The van der Waals surface area contributed by atoms with E-state index in [1.54, 1.807) is 4.90 Å². The maximum absolute atomic E-state index is 12.1. The van der Waals surface area contributed by atoms with Crippen molar-refractivity contribution < 1.29 is 19.3 Å². The molecule has 1 N–H and O–H groups in total. The number of amides is 3. The highest BCUT2D eigenvalue weighted by Gasteiger charge is 2.27. The standard InChI is InChI=1S/C14H15ClN4O5/c1-9(20)17-4-6-18(7-5-17)14(22)13(21)16-10-2-3-11(15)12(8-10)19(23)24/h2-3,8H,4-7H2,1H3,(H,16,21).